The third-order valence-corrected chi connectivity index (χ3v) is 5.78. The Labute approximate surface area is 112 Å². The zero-order valence-corrected chi connectivity index (χ0v) is 11.8. The van der Waals surface area contributed by atoms with Gasteiger partial charge in [0.2, 0.25) is 0 Å². The van der Waals surface area contributed by atoms with Crippen molar-refractivity contribution in [2.45, 2.75) is 10.6 Å². The zero-order chi connectivity index (χ0) is 12.3. The number of halogens is 1. The minimum absolute atomic E-state index is 0.146. The summed E-state index contributed by atoms with van der Waals surface area (Å²) < 4.78 is 26.4. The molecule has 0 unspecified atom stereocenters. The molecule has 0 bridgehead atoms. The van der Waals surface area contributed by atoms with Crippen molar-refractivity contribution in [1.29, 1.82) is 0 Å². The fourth-order valence-electron chi connectivity index (χ4n) is 1.20. The lowest BCUT2D eigenvalue weighted by Gasteiger charge is -2.02. The summed E-state index contributed by atoms with van der Waals surface area (Å²) >= 11 is 8.14. The molecule has 92 valence electrons. The summed E-state index contributed by atoms with van der Waals surface area (Å²) in [6.07, 6.45) is 1.94. The predicted octanol–water partition coefficient (Wildman–Crippen LogP) is 2.38. The zero-order valence-electron chi connectivity index (χ0n) is 8.59. The van der Waals surface area contributed by atoms with Gasteiger partial charge >= 0.3 is 0 Å². The maximum atomic E-state index is 11.8. The number of aromatic nitrogens is 1. The van der Waals surface area contributed by atoms with Gasteiger partial charge in [0.05, 0.1) is 6.20 Å². The normalized spacial score (nSPS) is 11.8. The summed E-state index contributed by atoms with van der Waals surface area (Å²) in [7, 11) is -3.47. The number of thiazole rings is 1. The largest absolute Gasteiger partial charge is 0.251 e. The van der Waals surface area contributed by atoms with Crippen molar-refractivity contribution >= 4 is 44.3 Å². The molecule has 4 nitrogen and oxygen atoms in total. The topological polar surface area (TPSA) is 59.1 Å². The van der Waals surface area contributed by atoms with Crippen LogP contribution in [0.2, 0.25) is 4.47 Å². The fraction of sp³-hybridized carbons (Fsp3) is 0.222. The van der Waals surface area contributed by atoms with E-state index in [1.165, 1.54) is 6.20 Å². The molecular weight excluding hydrogens is 300 g/mol. The van der Waals surface area contributed by atoms with Crippen LogP contribution < -0.4 is 4.72 Å². The fourth-order valence-corrected chi connectivity index (χ4v) is 4.27. The van der Waals surface area contributed by atoms with Crippen LogP contribution in [0.15, 0.2) is 27.2 Å². The Morgan fingerprint density at radius 3 is 2.88 bits per heavy atom. The Balaban J connectivity index is 1.94. The van der Waals surface area contributed by atoms with Gasteiger partial charge in [-0.25, -0.2) is 18.1 Å². The molecule has 0 amide bonds. The number of sulfonamides is 1. The van der Waals surface area contributed by atoms with Crippen LogP contribution in [0, 0.1) is 0 Å². The van der Waals surface area contributed by atoms with Gasteiger partial charge in [-0.05, 0) is 28.8 Å². The minimum Gasteiger partial charge on any atom is -0.232 e. The van der Waals surface area contributed by atoms with Crippen molar-refractivity contribution in [2.24, 2.45) is 0 Å². The Kier molecular flexibility index (Phi) is 4.16. The van der Waals surface area contributed by atoms with E-state index in [0.29, 0.717) is 13.0 Å². The van der Waals surface area contributed by atoms with Gasteiger partial charge in [0.1, 0.15) is 0 Å². The van der Waals surface area contributed by atoms with Crippen LogP contribution in [0.1, 0.15) is 5.56 Å². The van der Waals surface area contributed by atoms with Crippen LogP contribution >= 0.6 is 34.3 Å². The van der Waals surface area contributed by atoms with Gasteiger partial charge in [0.15, 0.2) is 8.68 Å². The van der Waals surface area contributed by atoms with Gasteiger partial charge in [-0.1, -0.05) is 22.9 Å². The summed E-state index contributed by atoms with van der Waals surface area (Å²) in [6.45, 7) is 0.370. The molecule has 0 aliphatic rings. The van der Waals surface area contributed by atoms with Crippen molar-refractivity contribution in [3.8, 4) is 0 Å². The van der Waals surface area contributed by atoms with E-state index in [0.717, 1.165) is 16.9 Å². The van der Waals surface area contributed by atoms with Gasteiger partial charge in [-0.2, -0.15) is 11.3 Å². The highest BCUT2D eigenvalue weighted by Crippen LogP contribution is 2.22. The lowest BCUT2D eigenvalue weighted by molar-refractivity contribution is 0.583. The number of nitrogens with one attached hydrogen (secondary N) is 1. The first-order valence-corrected chi connectivity index (χ1v) is 8.32. The highest BCUT2D eigenvalue weighted by atomic mass is 35.5. The number of hydrogen-bond donors (Lipinski definition) is 1. The van der Waals surface area contributed by atoms with Crippen LogP contribution in [-0.4, -0.2) is 19.9 Å². The molecule has 0 radical (unpaired) electrons. The second-order valence-corrected chi connectivity index (χ2v) is 7.60. The van der Waals surface area contributed by atoms with E-state index >= 15 is 0 Å². The molecular formula is C9H9ClN2O2S3. The van der Waals surface area contributed by atoms with Crippen LogP contribution in [-0.2, 0) is 16.4 Å². The predicted molar refractivity (Wildman–Crippen MR) is 70.3 cm³/mol. The third kappa shape index (κ3) is 3.49. The van der Waals surface area contributed by atoms with Gasteiger partial charge in [-0.3, -0.25) is 0 Å². The van der Waals surface area contributed by atoms with Crippen LogP contribution in [0.4, 0.5) is 0 Å². The Hall–Kier alpha value is -0.470. The summed E-state index contributed by atoms with van der Waals surface area (Å²) in [4.78, 5) is 3.71. The van der Waals surface area contributed by atoms with Crippen LogP contribution in [0.3, 0.4) is 0 Å². The van der Waals surface area contributed by atoms with E-state index < -0.39 is 10.0 Å². The summed E-state index contributed by atoms with van der Waals surface area (Å²) in [5.74, 6) is 0. The Morgan fingerprint density at radius 1 is 1.47 bits per heavy atom. The lowest BCUT2D eigenvalue weighted by atomic mass is 10.2. The smallest absolute Gasteiger partial charge is 0.232 e. The molecule has 0 fully saturated rings. The van der Waals surface area contributed by atoms with E-state index in [4.69, 9.17) is 11.6 Å². The van der Waals surface area contributed by atoms with Gasteiger partial charge in [0.25, 0.3) is 10.0 Å². The monoisotopic (exact) mass is 308 g/mol. The molecule has 8 heteroatoms. The van der Waals surface area contributed by atoms with E-state index in [-0.39, 0.29) is 8.68 Å². The average molecular weight is 309 g/mol. The molecule has 2 rings (SSSR count). The van der Waals surface area contributed by atoms with Gasteiger partial charge in [0, 0.05) is 6.54 Å². The highest BCUT2D eigenvalue weighted by Gasteiger charge is 2.16. The SMILES string of the molecule is O=S(=O)(NCCc1ccsc1)c1cnc(Cl)s1. The molecule has 0 saturated heterocycles. The highest BCUT2D eigenvalue weighted by molar-refractivity contribution is 7.91. The summed E-state index contributed by atoms with van der Waals surface area (Å²) in [6, 6.07) is 1.97. The molecule has 0 aliphatic heterocycles. The average Bonchev–Trinajstić information content (AvgIpc) is 2.89. The maximum Gasteiger partial charge on any atom is 0.251 e. The Bertz CT molecular complexity index is 577. The molecule has 2 heterocycles. The van der Waals surface area contributed by atoms with E-state index in [1.807, 2.05) is 16.8 Å². The molecule has 2 aromatic heterocycles. The molecule has 0 aromatic carbocycles. The van der Waals surface area contributed by atoms with Crippen molar-refractivity contribution in [2.75, 3.05) is 6.54 Å². The van der Waals surface area contributed by atoms with E-state index in [1.54, 1.807) is 11.3 Å². The minimum atomic E-state index is -3.47. The molecule has 1 N–H and O–H groups in total. The standard InChI is InChI=1S/C9H9ClN2O2S3/c10-9-11-5-8(16-9)17(13,14)12-3-1-7-2-4-15-6-7/h2,4-6,12H,1,3H2. The summed E-state index contributed by atoms with van der Waals surface area (Å²) in [5, 5.41) is 3.96. The van der Waals surface area contributed by atoms with Crippen molar-refractivity contribution in [1.82, 2.24) is 9.71 Å². The first-order valence-electron chi connectivity index (χ1n) is 4.70. The lowest BCUT2D eigenvalue weighted by Crippen LogP contribution is -2.25. The molecule has 0 saturated carbocycles. The summed E-state index contributed by atoms with van der Waals surface area (Å²) in [5.41, 5.74) is 1.13. The number of thiophene rings is 1. The first kappa shape index (κ1) is 13.0. The molecule has 2 aromatic rings. The second-order valence-electron chi connectivity index (χ2n) is 3.21. The number of nitrogens with zero attached hydrogens (tertiary/aromatic N) is 1. The molecule has 0 aliphatic carbocycles. The van der Waals surface area contributed by atoms with Gasteiger partial charge in [-0.15, -0.1) is 0 Å². The quantitative estimate of drug-likeness (QED) is 0.922. The third-order valence-electron chi connectivity index (χ3n) is 2.01. The number of rotatable bonds is 5. The van der Waals surface area contributed by atoms with Crippen LogP contribution in [0.5, 0.6) is 0 Å². The maximum absolute atomic E-state index is 11.8. The van der Waals surface area contributed by atoms with Crippen molar-refractivity contribution in [3.63, 3.8) is 0 Å². The number of hydrogen-bond acceptors (Lipinski definition) is 5. The molecule has 0 atom stereocenters. The van der Waals surface area contributed by atoms with E-state index in [9.17, 15) is 8.42 Å². The van der Waals surface area contributed by atoms with E-state index in [2.05, 4.69) is 9.71 Å². The Morgan fingerprint density at radius 2 is 2.29 bits per heavy atom. The molecule has 17 heavy (non-hydrogen) atoms. The second kappa shape index (κ2) is 5.45. The van der Waals surface area contributed by atoms with Gasteiger partial charge < -0.3 is 0 Å². The van der Waals surface area contributed by atoms with Crippen molar-refractivity contribution in [3.05, 3.63) is 33.1 Å². The first-order chi connectivity index (χ1) is 8.08. The van der Waals surface area contributed by atoms with Crippen LogP contribution in [0.25, 0.3) is 0 Å². The van der Waals surface area contributed by atoms with Crippen molar-refractivity contribution < 1.29 is 8.42 Å². The molecule has 0 spiro atoms.